The first-order valence-corrected chi connectivity index (χ1v) is 10.2. The van der Waals surface area contributed by atoms with E-state index in [-0.39, 0.29) is 17.0 Å². The van der Waals surface area contributed by atoms with Crippen molar-refractivity contribution in [3.8, 4) is 0 Å². The zero-order valence-electron chi connectivity index (χ0n) is 15.5. The highest BCUT2D eigenvalue weighted by molar-refractivity contribution is 7.90. The second-order valence-corrected chi connectivity index (χ2v) is 9.30. The Morgan fingerprint density at radius 2 is 1.62 bits per heavy atom. The summed E-state index contributed by atoms with van der Waals surface area (Å²) in [5, 5.41) is 0. The van der Waals surface area contributed by atoms with Crippen LogP contribution in [0.25, 0.3) is 0 Å². The van der Waals surface area contributed by atoms with Crippen LogP contribution in [-0.4, -0.2) is 20.2 Å². The van der Waals surface area contributed by atoms with Crippen LogP contribution in [0.1, 0.15) is 31.9 Å². The molecule has 0 fully saturated rings. The molecule has 0 aliphatic rings. The summed E-state index contributed by atoms with van der Waals surface area (Å²) in [6.45, 7) is 9.78. The average molecular weight is 372 g/mol. The van der Waals surface area contributed by atoms with Gasteiger partial charge in [-0.1, -0.05) is 69.8 Å². The quantitative estimate of drug-likeness (QED) is 0.719. The fraction of sp³-hybridized carbons (Fsp3) is 0.286. The largest absolute Gasteiger partial charge is 0.294 e. The van der Waals surface area contributed by atoms with E-state index in [2.05, 4.69) is 27.4 Å². The SMILES string of the molecule is C=CC(=O)N(CS(=O)(=O)Cc1ccccc1)c1ccc(C(C)(C)C)cc1. The fourth-order valence-electron chi connectivity index (χ4n) is 2.59. The Labute approximate surface area is 156 Å². The molecule has 0 saturated carbocycles. The lowest BCUT2D eigenvalue weighted by Crippen LogP contribution is -2.35. The van der Waals surface area contributed by atoms with Crippen molar-refractivity contribution in [1.82, 2.24) is 0 Å². The number of carbonyl (C=O) groups is 1. The van der Waals surface area contributed by atoms with Crippen molar-refractivity contribution in [3.63, 3.8) is 0 Å². The third kappa shape index (κ3) is 5.30. The van der Waals surface area contributed by atoms with Crippen LogP contribution in [-0.2, 0) is 25.8 Å². The molecule has 0 aliphatic heterocycles. The van der Waals surface area contributed by atoms with Crippen LogP contribution >= 0.6 is 0 Å². The van der Waals surface area contributed by atoms with Gasteiger partial charge in [0.25, 0.3) is 5.91 Å². The Bertz CT molecular complexity index is 864. The highest BCUT2D eigenvalue weighted by Gasteiger charge is 2.22. The molecule has 0 saturated heterocycles. The van der Waals surface area contributed by atoms with E-state index in [4.69, 9.17) is 0 Å². The minimum Gasteiger partial charge on any atom is -0.294 e. The van der Waals surface area contributed by atoms with Crippen LogP contribution in [0.2, 0.25) is 0 Å². The van der Waals surface area contributed by atoms with Crippen LogP contribution in [0.15, 0.2) is 67.3 Å². The Hall–Kier alpha value is -2.40. The molecule has 2 aromatic rings. The highest BCUT2D eigenvalue weighted by atomic mass is 32.2. The van der Waals surface area contributed by atoms with E-state index in [1.165, 1.54) is 4.90 Å². The number of anilines is 1. The predicted octanol–water partition coefficient (Wildman–Crippen LogP) is 4.08. The molecule has 5 heteroatoms. The van der Waals surface area contributed by atoms with Gasteiger partial charge in [-0.05, 0) is 34.8 Å². The van der Waals surface area contributed by atoms with Gasteiger partial charge in [-0.15, -0.1) is 0 Å². The van der Waals surface area contributed by atoms with E-state index in [0.717, 1.165) is 11.6 Å². The number of hydrogen-bond acceptors (Lipinski definition) is 3. The van der Waals surface area contributed by atoms with Gasteiger partial charge in [-0.25, -0.2) is 8.42 Å². The molecule has 0 bridgehead atoms. The van der Waals surface area contributed by atoms with Gasteiger partial charge in [0.1, 0.15) is 5.88 Å². The van der Waals surface area contributed by atoms with Gasteiger partial charge in [-0.3, -0.25) is 9.69 Å². The Kier molecular flexibility index (Phi) is 6.03. The lowest BCUT2D eigenvalue weighted by Gasteiger charge is -2.24. The van der Waals surface area contributed by atoms with Crippen LogP contribution in [0, 0.1) is 0 Å². The highest BCUT2D eigenvalue weighted by Crippen LogP contribution is 2.25. The maximum atomic E-state index is 12.6. The number of hydrogen-bond donors (Lipinski definition) is 0. The molecule has 0 radical (unpaired) electrons. The number of carbonyl (C=O) groups excluding carboxylic acids is 1. The van der Waals surface area contributed by atoms with E-state index >= 15 is 0 Å². The number of nitrogens with zero attached hydrogens (tertiary/aromatic N) is 1. The molecule has 0 atom stereocenters. The van der Waals surface area contributed by atoms with E-state index in [1.807, 2.05) is 18.2 Å². The summed E-state index contributed by atoms with van der Waals surface area (Å²) in [4.78, 5) is 13.5. The maximum absolute atomic E-state index is 12.6. The van der Waals surface area contributed by atoms with Gasteiger partial charge in [0, 0.05) is 5.69 Å². The first-order valence-electron chi connectivity index (χ1n) is 8.41. The molecule has 2 aromatic carbocycles. The number of benzene rings is 2. The van der Waals surface area contributed by atoms with Crippen molar-refractivity contribution in [2.45, 2.75) is 31.9 Å². The minimum absolute atomic E-state index is 0.0226. The summed E-state index contributed by atoms with van der Waals surface area (Å²) in [5.74, 6) is -0.943. The van der Waals surface area contributed by atoms with Crippen molar-refractivity contribution in [2.24, 2.45) is 0 Å². The van der Waals surface area contributed by atoms with Crippen molar-refractivity contribution in [1.29, 1.82) is 0 Å². The zero-order valence-corrected chi connectivity index (χ0v) is 16.3. The molecule has 26 heavy (non-hydrogen) atoms. The molecule has 0 aliphatic carbocycles. The molecule has 4 nitrogen and oxygen atoms in total. The standard InChI is InChI=1S/C21H25NO3S/c1-5-20(23)22(19-13-11-18(12-14-19)21(2,3)4)16-26(24,25)15-17-9-7-6-8-10-17/h5-14H,1,15-16H2,2-4H3. The topological polar surface area (TPSA) is 54.5 Å². The van der Waals surface area contributed by atoms with Gasteiger partial charge in [0.05, 0.1) is 5.75 Å². The Morgan fingerprint density at radius 1 is 1.04 bits per heavy atom. The lowest BCUT2D eigenvalue weighted by molar-refractivity contribution is -0.114. The van der Waals surface area contributed by atoms with Crippen molar-refractivity contribution in [3.05, 3.63) is 78.4 Å². The van der Waals surface area contributed by atoms with Gasteiger partial charge in [0.15, 0.2) is 9.84 Å². The summed E-state index contributed by atoms with van der Waals surface area (Å²) in [7, 11) is -3.52. The van der Waals surface area contributed by atoms with E-state index < -0.39 is 15.7 Å². The summed E-state index contributed by atoms with van der Waals surface area (Å²) < 4.78 is 25.2. The Morgan fingerprint density at radius 3 is 2.12 bits per heavy atom. The summed E-state index contributed by atoms with van der Waals surface area (Å²) >= 11 is 0. The molecule has 0 unspecified atom stereocenters. The van der Waals surface area contributed by atoms with E-state index in [0.29, 0.717) is 11.3 Å². The third-order valence-electron chi connectivity index (χ3n) is 4.04. The van der Waals surface area contributed by atoms with E-state index in [1.54, 1.807) is 36.4 Å². The molecular weight excluding hydrogens is 346 g/mol. The number of amides is 1. The van der Waals surface area contributed by atoms with Gasteiger partial charge in [0.2, 0.25) is 0 Å². The first-order chi connectivity index (χ1) is 12.1. The second kappa shape index (κ2) is 7.87. The first kappa shape index (κ1) is 19.9. The van der Waals surface area contributed by atoms with Crippen molar-refractivity contribution in [2.75, 3.05) is 10.8 Å². The number of rotatable bonds is 6. The molecule has 1 amide bonds. The molecule has 0 spiro atoms. The van der Waals surface area contributed by atoms with Gasteiger partial charge in [-0.2, -0.15) is 0 Å². The molecule has 138 valence electrons. The monoisotopic (exact) mass is 371 g/mol. The smallest absolute Gasteiger partial charge is 0.251 e. The minimum atomic E-state index is -3.52. The Balaban J connectivity index is 2.27. The molecule has 2 rings (SSSR count). The summed E-state index contributed by atoms with van der Waals surface area (Å²) in [6.07, 6.45) is 1.13. The molecule has 0 N–H and O–H groups in total. The zero-order chi connectivity index (χ0) is 19.4. The average Bonchev–Trinajstić information content (AvgIpc) is 2.59. The second-order valence-electron chi connectivity index (χ2n) is 7.27. The number of sulfone groups is 1. The van der Waals surface area contributed by atoms with Crippen LogP contribution < -0.4 is 4.90 Å². The van der Waals surface area contributed by atoms with Crippen LogP contribution in [0.4, 0.5) is 5.69 Å². The predicted molar refractivity (Wildman–Crippen MR) is 107 cm³/mol. The van der Waals surface area contributed by atoms with Gasteiger partial charge < -0.3 is 0 Å². The molecule has 0 heterocycles. The fourth-order valence-corrected chi connectivity index (χ4v) is 4.05. The summed E-state index contributed by atoms with van der Waals surface area (Å²) in [5.41, 5.74) is 2.33. The van der Waals surface area contributed by atoms with Crippen LogP contribution in [0.3, 0.4) is 0 Å². The van der Waals surface area contributed by atoms with Gasteiger partial charge >= 0.3 is 0 Å². The van der Waals surface area contributed by atoms with E-state index in [9.17, 15) is 13.2 Å². The third-order valence-corrected chi connectivity index (χ3v) is 5.47. The van der Waals surface area contributed by atoms with Crippen molar-refractivity contribution < 1.29 is 13.2 Å². The van der Waals surface area contributed by atoms with Crippen molar-refractivity contribution >= 4 is 21.4 Å². The lowest BCUT2D eigenvalue weighted by atomic mass is 9.87. The normalized spacial score (nSPS) is 11.8. The molecule has 0 aromatic heterocycles. The van der Waals surface area contributed by atoms with Crippen LogP contribution in [0.5, 0.6) is 0 Å². The molecular formula is C21H25NO3S. The maximum Gasteiger partial charge on any atom is 0.251 e. The summed E-state index contributed by atoms with van der Waals surface area (Å²) in [6, 6.07) is 16.3.